The molecule has 3 N–H and O–H groups in total. The second-order valence-corrected chi connectivity index (χ2v) is 6.20. The molecule has 0 aliphatic heterocycles. The van der Waals surface area contributed by atoms with Crippen LogP contribution in [0.1, 0.15) is 31.3 Å². The molecule has 1 rings (SSSR count). The van der Waals surface area contributed by atoms with Crippen LogP contribution < -0.4 is 11.1 Å². The Bertz CT molecular complexity index is 373. The van der Waals surface area contributed by atoms with Gasteiger partial charge >= 0.3 is 0 Å². The Morgan fingerprint density at radius 2 is 2.00 bits per heavy atom. The van der Waals surface area contributed by atoms with E-state index in [0.29, 0.717) is 5.13 Å². The quantitative estimate of drug-likeness (QED) is 0.833. The number of amides is 1. The van der Waals surface area contributed by atoms with E-state index in [1.807, 2.05) is 34.6 Å². The van der Waals surface area contributed by atoms with Gasteiger partial charge in [0, 0.05) is 4.88 Å². The number of carbonyl (C=O) groups excluding carboxylic acids is 1. The fourth-order valence-corrected chi connectivity index (χ4v) is 1.92. The van der Waals surface area contributed by atoms with E-state index in [4.69, 9.17) is 5.73 Å². The summed E-state index contributed by atoms with van der Waals surface area (Å²) in [6, 6.07) is -0.531. The lowest BCUT2D eigenvalue weighted by atomic mass is 9.87. The highest BCUT2D eigenvalue weighted by Crippen LogP contribution is 2.23. The van der Waals surface area contributed by atoms with Gasteiger partial charge in [0.1, 0.15) is 0 Å². The van der Waals surface area contributed by atoms with Crippen LogP contribution in [0.3, 0.4) is 0 Å². The lowest BCUT2D eigenvalue weighted by Crippen LogP contribution is -2.45. The van der Waals surface area contributed by atoms with Gasteiger partial charge in [0.25, 0.3) is 0 Å². The zero-order valence-corrected chi connectivity index (χ0v) is 11.2. The Balaban J connectivity index is 2.72. The minimum atomic E-state index is -0.531. The Morgan fingerprint density at radius 3 is 2.38 bits per heavy atom. The molecular weight excluding hydrogens is 222 g/mol. The molecule has 0 radical (unpaired) electrons. The number of rotatable bonds is 2. The Morgan fingerprint density at radius 1 is 1.44 bits per heavy atom. The first-order chi connectivity index (χ1) is 7.21. The van der Waals surface area contributed by atoms with Crippen molar-refractivity contribution >= 4 is 22.4 Å². The van der Waals surface area contributed by atoms with Gasteiger partial charge in [-0.25, -0.2) is 4.98 Å². The first-order valence-corrected chi connectivity index (χ1v) is 6.04. The summed E-state index contributed by atoms with van der Waals surface area (Å²) in [5.41, 5.74) is 6.56. The molecule has 5 heteroatoms. The van der Waals surface area contributed by atoms with E-state index in [2.05, 4.69) is 10.3 Å². The molecule has 1 unspecified atom stereocenters. The molecular formula is C11H19N3OS. The van der Waals surface area contributed by atoms with Crippen LogP contribution in [-0.4, -0.2) is 16.9 Å². The number of nitrogens with two attached hydrogens (primary N) is 1. The van der Waals surface area contributed by atoms with Gasteiger partial charge in [-0.1, -0.05) is 20.8 Å². The number of aryl methyl sites for hydroxylation is 2. The van der Waals surface area contributed by atoms with Crippen LogP contribution in [0.2, 0.25) is 0 Å². The number of anilines is 1. The van der Waals surface area contributed by atoms with Crippen LogP contribution in [-0.2, 0) is 4.79 Å². The average Bonchev–Trinajstić information content (AvgIpc) is 2.43. The van der Waals surface area contributed by atoms with Crippen molar-refractivity contribution in [1.29, 1.82) is 0 Å². The third-order valence-electron chi connectivity index (χ3n) is 2.47. The topological polar surface area (TPSA) is 68.0 Å². The lowest BCUT2D eigenvalue weighted by Gasteiger charge is -2.25. The Hall–Kier alpha value is -0.940. The maximum atomic E-state index is 11.8. The monoisotopic (exact) mass is 241 g/mol. The smallest absolute Gasteiger partial charge is 0.243 e. The maximum Gasteiger partial charge on any atom is 0.243 e. The zero-order chi connectivity index (χ0) is 12.5. The SMILES string of the molecule is Cc1nc(NC(=O)C(N)C(C)(C)C)sc1C. The number of aromatic nitrogens is 1. The normalized spacial score (nSPS) is 13.6. The van der Waals surface area contributed by atoms with E-state index in [-0.39, 0.29) is 11.3 Å². The number of thiazole rings is 1. The summed E-state index contributed by atoms with van der Waals surface area (Å²) in [4.78, 5) is 17.2. The van der Waals surface area contributed by atoms with Crippen LogP contribution in [0, 0.1) is 19.3 Å². The van der Waals surface area contributed by atoms with E-state index < -0.39 is 6.04 Å². The number of nitrogens with one attached hydrogen (secondary N) is 1. The first-order valence-electron chi connectivity index (χ1n) is 5.22. The second kappa shape index (κ2) is 4.51. The molecule has 0 saturated heterocycles. The third kappa shape index (κ3) is 3.02. The standard InChI is InChI=1S/C11H19N3OS/c1-6-7(2)16-10(13-6)14-9(15)8(12)11(3,4)5/h8H,12H2,1-5H3,(H,13,14,15). The molecule has 0 aliphatic rings. The summed E-state index contributed by atoms with van der Waals surface area (Å²) >= 11 is 1.47. The second-order valence-electron chi connectivity index (χ2n) is 4.99. The molecule has 0 aromatic carbocycles. The molecule has 1 aromatic heterocycles. The van der Waals surface area contributed by atoms with Gasteiger partial charge in [0.2, 0.25) is 5.91 Å². The molecule has 0 spiro atoms. The van der Waals surface area contributed by atoms with Crippen molar-refractivity contribution in [3.63, 3.8) is 0 Å². The summed E-state index contributed by atoms with van der Waals surface area (Å²) < 4.78 is 0. The van der Waals surface area contributed by atoms with E-state index >= 15 is 0 Å². The fraction of sp³-hybridized carbons (Fsp3) is 0.636. The first kappa shape index (κ1) is 13.1. The van der Waals surface area contributed by atoms with Crippen molar-refractivity contribution in [1.82, 2.24) is 4.98 Å². The van der Waals surface area contributed by atoms with E-state index in [1.54, 1.807) is 0 Å². The van der Waals surface area contributed by atoms with E-state index in [1.165, 1.54) is 11.3 Å². The van der Waals surface area contributed by atoms with Gasteiger partial charge in [-0.2, -0.15) is 0 Å². The third-order valence-corrected chi connectivity index (χ3v) is 3.46. The average molecular weight is 241 g/mol. The van der Waals surface area contributed by atoms with E-state index in [0.717, 1.165) is 10.6 Å². The number of carbonyl (C=O) groups is 1. The molecule has 0 fully saturated rings. The van der Waals surface area contributed by atoms with Crippen LogP contribution in [0.4, 0.5) is 5.13 Å². The molecule has 0 aliphatic carbocycles. The zero-order valence-electron chi connectivity index (χ0n) is 10.4. The molecule has 0 saturated carbocycles. The Kier molecular flexibility index (Phi) is 3.70. The molecule has 1 aromatic rings. The van der Waals surface area contributed by atoms with Gasteiger partial charge in [-0.15, -0.1) is 11.3 Å². The summed E-state index contributed by atoms with van der Waals surface area (Å²) in [6.07, 6.45) is 0. The van der Waals surface area contributed by atoms with Crippen LogP contribution in [0.15, 0.2) is 0 Å². The molecule has 16 heavy (non-hydrogen) atoms. The highest BCUT2D eigenvalue weighted by Gasteiger charge is 2.27. The highest BCUT2D eigenvalue weighted by atomic mass is 32.1. The number of hydrogen-bond acceptors (Lipinski definition) is 4. The van der Waals surface area contributed by atoms with Gasteiger partial charge < -0.3 is 11.1 Å². The minimum absolute atomic E-state index is 0.179. The van der Waals surface area contributed by atoms with Crippen molar-refractivity contribution in [3.8, 4) is 0 Å². The molecule has 1 heterocycles. The summed E-state index contributed by atoms with van der Waals surface area (Å²) in [7, 11) is 0. The maximum absolute atomic E-state index is 11.8. The summed E-state index contributed by atoms with van der Waals surface area (Å²) in [5.74, 6) is -0.179. The highest BCUT2D eigenvalue weighted by molar-refractivity contribution is 7.15. The predicted molar refractivity (Wildman–Crippen MR) is 67.6 cm³/mol. The summed E-state index contributed by atoms with van der Waals surface area (Å²) in [6.45, 7) is 9.72. The van der Waals surface area contributed by atoms with Gasteiger partial charge in [0.05, 0.1) is 11.7 Å². The molecule has 1 atom stereocenters. The minimum Gasteiger partial charge on any atom is -0.319 e. The van der Waals surface area contributed by atoms with Crippen LogP contribution in [0.25, 0.3) is 0 Å². The van der Waals surface area contributed by atoms with Crippen LogP contribution >= 0.6 is 11.3 Å². The predicted octanol–water partition coefficient (Wildman–Crippen LogP) is 2.07. The largest absolute Gasteiger partial charge is 0.319 e. The van der Waals surface area contributed by atoms with Crippen molar-refractivity contribution in [2.75, 3.05) is 5.32 Å². The lowest BCUT2D eigenvalue weighted by molar-refractivity contribution is -0.119. The van der Waals surface area contributed by atoms with Crippen LogP contribution in [0.5, 0.6) is 0 Å². The van der Waals surface area contributed by atoms with Crippen molar-refractivity contribution in [3.05, 3.63) is 10.6 Å². The van der Waals surface area contributed by atoms with Crippen molar-refractivity contribution < 1.29 is 4.79 Å². The van der Waals surface area contributed by atoms with Gasteiger partial charge in [0.15, 0.2) is 5.13 Å². The molecule has 1 amide bonds. The van der Waals surface area contributed by atoms with Gasteiger partial charge in [-0.3, -0.25) is 4.79 Å². The Labute approximate surface area is 100 Å². The molecule has 0 bridgehead atoms. The number of hydrogen-bond donors (Lipinski definition) is 2. The van der Waals surface area contributed by atoms with Crippen molar-refractivity contribution in [2.24, 2.45) is 11.1 Å². The molecule has 90 valence electrons. The van der Waals surface area contributed by atoms with Crippen molar-refractivity contribution in [2.45, 2.75) is 40.7 Å². The van der Waals surface area contributed by atoms with Gasteiger partial charge in [-0.05, 0) is 19.3 Å². The molecule has 4 nitrogen and oxygen atoms in total. The fourth-order valence-electron chi connectivity index (χ4n) is 1.10. The number of nitrogens with zero attached hydrogens (tertiary/aromatic N) is 1. The summed E-state index contributed by atoms with van der Waals surface area (Å²) in [5, 5.41) is 3.38. The van der Waals surface area contributed by atoms with E-state index in [9.17, 15) is 4.79 Å².